The Morgan fingerprint density at radius 1 is 1.41 bits per heavy atom. The van der Waals surface area contributed by atoms with Crippen LogP contribution in [0.1, 0.15) is 30.4 Å². The van der Waals surface area contributed by atoms with Gasteiger partial charge in [-0.2, -0.15) is 0 Å². The van der Waals surface area contributed by atoms with E-state index in [1.165, 1.54) is 6.07 Å². The van der Waals surface area contributed by atoms with Crippen molar-refractivity contribution in [2.75, 3.05) is 18.4 Å². The molecule has 1 saturated heterocycles. The van der Waals surface area contributed by atoms with Crippen molar-refractivity contribution in [3.63, 3.8) is 0 Å². The van der Waals surface area contributed by atoms with Gasteiger partial charge in [-0.05, 0) is 44.0 Å². The maximum absolute atomic E-state index is 12.5. The second-order valence-corrected chi connectivity index (χ2v) is 4.56. The van der Waals surface area contributed by atoms with Crippen molar-refractivity contribution in [1.29, 1.82) is 0 Å². The van der Waals surface area contributed by atoms with Crippen LogP contribution in [-0.2, 0) is 0 Å². The summed E-state index contributed by atoms with van der Waals surface area (Å²) < 4.78 is 25.0. The molecule has 0 radical (unpaired) electrons. The van der Waals surface area contributed by atoms with E-state index in [9.17, 15) is 8.78 Å². The molecule has 4 heteroatoms. The van der Waals surface area contributed by atoms with E-state index in [1.807, 2.05) is 6.92 Å². The SMILES string of the molecule is Cc1cc(C(F)F)ccc1NC1CCCNC1. The first kappa shape index (κ1) is 12.3. The molecule has 17 heavy (non-hydrogen) atoms. The van der Waals surface area contributed by atoms with E-state index in [0.29, 0.717) is 6.04 Å². The number of alkyl halides is 2. The highest BCUT2D eigenvalue weighted by molar-refractivity contribution is 5.53. The fraction of sp³-hybridized carbons (Fsp3) is 0.538. The van der Waals surface area contributed by atoms with Gasteiger partial charge in [-0.1, -0.05) is 6.07 Å². The smallest absolute Gasteiger partial charge is 0.263 e. The number of hydrogen-bond acceptors (Lipinski definition) is 2. The molecule has 2 rings (SSSR count). The Bertz CT molecular complexity index is 374. The molecule has 1 unspecified atom stereocenters. The minimum absolute atomic E-state index is 0.0924. The van der Waals surface area contributed by atoms with Crippen molar-refractivity contribution in [2.45, 2.75) is 32.2 Å². The molecule has 1 heterocycles. The van der Waals surface area contributed by atoms with E-state index in [0.717, 1.165) is 37.2 Å². The van der Waals surface area contributed by atoms with Crippen molar-refractivity contribution in [1.82, 2.24) is 5.32 Å². The number of aryl methyl sites for hydroxylation is 1. The van der Waals surface area contributed by atoms with Crippen LogP contribution in [0.4, 0.5) is 14.5 Å². The van der Waals surface area contributed by atoms with Gasteiger partial charge in [0.2, 0.25) is 0 Å². The second kappa shape index (κ2) is 5.45. The third-order valence-corrected chi connectivity index (χ3v) is 3.16. The van der Waals surface area contributed by atoms with E-state index in [1.54, 1.807) is 12.1 Å². The highest BCUT2D eigenvalue weighted by atomic mass is 19.3. The van der Waals surface area contributed by atoms with Gasteiger partial charge in [0.05, 0.1) is 0 Å². The molecular formula is C13H18F2N2. The molecule has 2 nitrogen and oxygen atoms in total. The van der Waals surface area contributed by atoms with Gasteiger partial charge in [0, 0.05) is 23.8 Å². The largest absolute Gasteiger partial charge is 0.381 e. The lowest BCUT2D eigenvalue weighted by Gasteiger charge is -2.25. The van der Waals surface area contributed by atoms with E-state index in [-0.39, 0.29) is 5.56 Å². The topological polar surface area (TPSA) is 24.1 Å². The first-order valence-corrected chi connectivity index (χ1v) is 6.03. The molecule has 1 aromatic rings. The zero-order valence-electron chi connectivity index (χ0n) is 9.97. The lowest BCUT2D eigenvalue weighted by Crippen LogP contribution is -2.38. The van der Waals surface area contributed by atoms with Crippen LogP contribution in [0.3, 0.4) is 0 Å². The van der Waals surface area contributed by atoms with Gasteiger partial charge in [-0.25, -0.2) is 8.78 Å². The summed E-state index contributed by atoms with van der Waals surface area (Å²) in [6.45, 7) is 3.88. The van der Waals surface area contributed by atoms with Gasteiger partial charge >= 0.3 is 0 Å². The minimum atomic E-state index is -2.39. The number of hydrogen-bond donors (Lipinski definition) is 2. The van der Waals surface area contributed by atoms with Crippen LogP contribution < -0.4 is 10.6 Å². The van der Waals surface area contributed by atoms with Crippen LogP contribution in [0.5, 0.6) is 0 Å². The number of rotatable bonds is 3. The standard InChI is InChI=1S/C13H18F2N2/c1-9-7-10(13(14)15)4-5-12(9)17-11-3-2-6-16-8-11/h4-5,7,11,13,16-17H,2-3,6,8H2,1H3. The zero-order chi connectivity index (χ0) is 12.3. The molecule has 0 aromatic heterocycles. The molecule has 1 aliphatic heterocycles. The maximum atomic E-state index is 12.5. The molecule has 0 saturated carbocycles. The molecule has 2 N–H and O–H groups in total. The van der Waals surface area contributed by atoms with Crippen molar-refractivity contribution in [3.05, 3.63) is 29.3 Å². The van der Waals surface area contributed by atoms with E-state index < -0.39 is 6.43 Å². The molecular weight excluding hydrogens is 222 g/mol. The molecule has 1 atom stereocenters. The van der Waals surface area contributed by atoms with Crippen LogP contribution in [0.25, 0.3) is 0 Å². The molecule has 1 aliphatic rings. The number of halogens is 2. The first-order chi connectivity index (χ1) is 8.16. The van der Waals surface area contributed by atoms with Crippen LogP contribution in [0.2, 0.25) is 0 Å². The fourth-order valence-corrected chi connectivity index (χ4v) is 2.18. The average molecular weight is 240 g/mol. The van der Waals surface area contributed by atoms with Crippen molar-refractivity contribution in [2.24, 2.45) is 0 Å². The quantitative estimate of drug-likeness (QED) is 0.848. The lowest BCUT2D eigenvalue weighted by molar-refractivity contribution is 0.151. The van der Waals surface area contributed by atoms with Crippen molar-refractivity contribution >= 4 is 5.69 Å². The summed E-state index contributed by atoms with van der Waals surface area (Å²) in [4.78, 5) is 0. The molecule has 94 valence electrons. The lowest BCUT2D eigenvalue weighted by atomic mass is 10.1. The van der Waals surface area contributed by atoms with Gasteiger partial charge < -0.3 is 10.6 Å². The van der Waals surface area contributed by atoms with E-state index in [2.05, 4.69) is 10.6 Å². The molecule has 1 fully saturated rings. The summed E-state index contributed by atoms with van der Waals surface area (Å²) in [5, 5.41) is 6.73. The Kier molecular flexibility index (Phi) is 3.94. The third-order valence-electron chi connectivity index (χ3n) is 3.16. The van der Waals surface area contributed by atoms with Crippen LogP contribution >= 0.6 is 0 Å². The average Bonchev–Trinajstić information content (AvgIpc) is 2.33. The van der Waals surface area contributed by atoms with Gasteiger partial charge in [0.15, 0.2) is 0 Å². The molecule has 0 bridgehead atoms. The van der Waals surface area contributed by atoms with Gasteiger partial charge in [0.25, 0.3) is 6.43 Å². The number of anilines is 1. The molecule has 1 aromatic carbocycles. The number of piperidine rings is 1. The summed E-state index contributed by atoms with van der Waals surface area (Å²) in [5.74, 6) is 0. The van der Waals surface area contributed by atoms with Crippen LogP contribution in [0, 0.1) is 6.92 Å². The van der Waals surface area contributed by atoms with Gasteiger partial charge in [-0.3, -0.25) is 0 Å². The Morgan fingerprint density at radius 3 is 2.82 bits per heavy atom. The van der Waals surface area contributed by atoms with Gasteiger partial charge in [0.1, 0.15) is 0 Å². The Balaban J connectivity index is 2.05. The highest BCUT2D eigenvalue weighted by Gasteiger charge is 2.14. The fourth-order valence-electron chi connectivity index (χ4n) is 2.18. The van der Waals surface area contributed by atoms with Crippen molar-refractivity contribution < 1.29 is 8.78 Å². The second-order valence-electron chi connectivity index (χ2n) is 4.56. The normalized spacial score (nSPS) is 20.6. The monoisotopic (exact) mass is 240 g/mol. The third kappa shape index (κ3) is 3.16. The predicted octanol–water partition coefficient (Wildman–Crippen LogP) is 3.10. The molecule has 0 spiro atoms. The zero-order valence-corrected chi connectivity index (χ0v) is 9.97. The number of benzene rings is 1. The summed E-state index contributed by atoms with van der Waals surface area (Å²) in [7, 11) is 0. The Morgan fingerprint density at radius 2 is 2.24 bits per heavy atom. The summed E-state index contributed by atoms with van der Waals surface area (Å²) in [5.41, 5.74) is 1.94. The summed E-state index contributed by atoms with van der Waals surface area (Å²) in [6.07, 6.45) is -0.103. The van der Waals surface area contributed by atoms with Crippen molar-refractivity contribution in [3.8, 4) is 0 Å². The number of nitrogens with one attached hydrogen (secondary N) is 2. The highest BCUT2D eigenvalue weighted by Crippen LogP contribution is 2.25. The van der Waals surface area contributed by atoms with Crippen LogP contribution in [0.15, 0.2) is 18.2 Å². The predicted molar refractivity (Wildman–Crippen MR) is 65.7 cm³/mol. The Labute approximate surface area is 100 Å². The Hall–Kier alpha value is -1.16. The molecule has 0 amide bonds. The van der Waals surface area contributed by atoms with E-state index in [4.69, 9.17) is 0 Å². The van der Waals surface area contributed by atoms with Gasteiger partial charge in [-0.15, -0.1) is 0 Å². The molecule has 0 aliphatic carbocycles. The van der Waals surface area contributed by atoms with Crippen LogP contribution in [-0.4, -0.2) is 19.1 Å². The summed E-state index contributed by atoms with van der Waals surface area (Å²) in [6, 6.07) is 5.21. The summed E-state index contributed by atoms with van der Waals surface area (Å²) >= 11 is 0. The van der Waals surface area contributed by atoms with E-state index >= 15 is 0 Å². The maximum Gasteiger partial charge on any atom is 0.263 e. The minimum Gasteiger partial charge on any atom is -0.381 e. The first-order valence-electron chi connectivity index (χ1n) is 6.03.